The Hall–Kier alpha value is -1.26. The first kappa shape index (κ1) is 17.1. The predicted molar refractivity (Wildman–Crippen MR) is 97.8 cm³/mol. The summed E-state index contributed by atoms with van der Waals surface area (Å²) in [6.07, 6.45) is 2.82. The first-order valence-electron chi connectivity index (χ1n) is 7.21. The van der Waals surface area contributed by atoms with E-state index in [9.17, 15) is 4.79 Å². The van der Waals surface area contributed by atoms with Crippen LogP contribution in [0, 0.1) is 0 Å². The normalized spacial score (nSPS) is 10.5. The van der Waals surface area contributed by atoms with Crippen molar-refractivity contribution in [3.8, 4) is 0 Å². The molecule has 0 aliphatic carbocycles. The molecular formula is C15H20AsBrN4O. The Labute approximate surface area is 147 Å². The molecule has 3 N–H and O–H groups in total. The van der Waals surface area contributed by atoms with Crippen LogP contribution in [0.1, 0.15) is 13.3 Å². The van der Waals surface area contributed by atoms with Gasteiger partial charge in [-0.25, -0.2) is 0 Å². The van der Waals surface area contributed by atoms with Crippen LogP contribution in [0.4, 0.5) is 10.5 Å². The van der Waals surface area contributed by atoms with Crippen molar-refractivity contribution in [2.24, 2.45) is 0 Å². The molecule has 0 radical (unpaired) electrons. The number of pyridine rings is 1. The Morgan fingerprint density at radius 1 is 1.27 bits per heavy atom. The zero-order valence-corrected chi connectivity index (χ0v) is 16.5. The van der Waals surface area contributed by atoms with Crippen LogP contribution in [0.5, 0.6) is 0 Å². The van der Waals surface area contributed by atoms with Crippen LogP contribution in [-0.4, -0.2) is 47.5 Å². The van der Waals surface area contributed by atoms with Gasteiger partial charge in [-0.05, 0) is 0 Å². The van der Waals surface area contributed by atoms with Gasteiger partial charge in [-0.2, -0.15) is 0 Å². The fraction of sp³-hybridized carbons (Fsp3) is 0.333. The molecule has 1 heterocycles. The van der Waals surface area contributed by atoms with Crippen molar-refractivity contribution >= 4 is 59.8 Å². The van der Waals surface area contributed by atoms with Crippen molar-refractivity contribution in [3.63, 3.8) is 0 Å². The van der Waals surface area contributed by atoms with E-state index >= 15 is 0 Å². The number of nitrogens with one attached hydrogen (secondary N) is 3. The van der Waals surface area contributed by atoms with Gasteiger partial charge >= 0.3 is 147 Å². The molecule has 1 atom stereocenters. The molecule has 0 fully saturated rings. The fourth-order valence-electron chi connectivity index (χ4n) is 2.04. The number of carbonyl (C=O) groups is 1. The molecule has 1 aromatic carbocycles. The molecular weight excluding hydrogens is 407 g/mol. The number of amides is 2. The van der Waals surface area contributed by atoms with Crippen LogP contribution in [0.2, 0.25) is 0 Å². The Kier molecular flexibility index (Phi) is 6.52. The Balaban J connectivity index is 1.97. The first-order valence-corrected chi connectivity index (χ1v) is 9.21. The van der Waals surface area contributed by atoms with Crippen molar-refractivity contribution in [1.82, 2.24) is 15.6 Å². The summed E-state index contributed by atoms with van der Waals surface area (Å²) in [6, 6.07) is 5.95. The summed E-state index contributed by atoms with van der Waals surface area (Å²) in [7, 11) is 0. The zero-order chi connectivity index (χ0) is 15.9. The Bertz CT molecular complexity index is 665. The number of aromatic nitrogens is 1. The molecule has 0 aliphatic heterocycles. The van der Waals surface area contributed by atoms with E-state index in [0.29, 0.717) is 19.6 Å². The molecule has 0 spiro atoms. The third-order valence-electron chi connectivity index (χ3n) is 3.11. The van der Waals surface area contributed by atoms with Gasteiger partial charge in [-0.1, -0.05) is 0 Å². The van der Waals surface area contributed by atoms with Gasteiger partial charge in [0.25, 0.3) is 0 Å². The number of carbonyl (C=O) groups excluding carboxylic acids is 1. The summed E-state index contributed by atoms with van der Waals surface area (Å²) in [5.41, 5.74) is 2.04. The first-order chi connectivity index (χ1) is 10.6. The quantitative estimate of drug-likeness (QED) is 0.482. The third kappa shape index (κ3) is 4.62. The number of hydrogen-bond acceptors (Lipinski definition) is 3. The van der Waals surface area contributed by atoms with Gasteiger partial charge in [-0.3, -0.25) is 0 Å². The summed E-state index contributed by atoms with van der Waals surface area (Å²) in [5, 5.41) is 10.1. The molecule has 118 valence electrons. The van der Waals surface area contributed by atoms with Crippen LogP contribution in [0.15, 0.2) is 28.9 Å². The molecule has 0 saturated heterocycles. The molecule has 2 amide bonds. The molecule has 0 bridgehead atoms. The summed E-state index contributed by atoms with van der Waals surface area (Å²) in [5.74, 6) is 0. The molecule has 1 aromatic heterocycles. The van der Waals surface area contributed by atoms with E-state index in [1.54, 1.807) is 0 Å². The van der Waals surface area contributed by atoms with E-state index in [1.807, 2.05) is 25.3 Å². The van der Waals surface area contributed by atoms with Crippen molar-refractivity contribution in [1.29, 1.82) is 0 Å². The predicted octanol–water partition coefficient (Wildman–Crippen LogP) is 1.38. The van der Waals surface area contributed by atoms with Crippen LogP contribution in [-0.2, 0) is 0 Å². The minimum absolute atomic E-state index is 0.117. The molecule has 0 aliphatic rings. The number of urea groups is 1. The average molecular weight is 427 g/mol. The van der Waals surface area contributed by atoms with Crippen LogP contribution >= 0.6 is 15.9 Å². The van der Waals surface area contributed by atoms with Gasteiger partial charge in [-0.15, -0.1) is 0 Å². The van der Waals surface area contributed by atoms with Gasteiger partial charge < -0.3 is 0 Å². The maximum absolute atomic E-state index is 11.5. The number of hydrogen-bond donors (Lipinski definition) is 3. The van der Waals surface area contributed by atoms with E-state index in [0.717, 1.165) is 31.8 Å². The number of rotatable bonds is 6. The van der Waals surface area contributed by atoms with Crippen molar-refractivity contribution in [3.05, 3.63) is 28.9 Å². The Morgan fingerprint density at radius 2 is 2.05 bits per heavy atom. The summed E-state index contributed by atoms with van der Waals surface area (Å²) in [6.45, 7) is 3.97. The summed E-state index contributed by atoms with van der Waals surface area (Å²) < 4.78 is 2.17. The monoisotopic (exact) mass is 426 g/mol. The topological polar surface area (TPSA) is 66.1 Å². The number of halogens is 1. The molecule has 7 heteroatoms. The van der Waals surface area contributed by atoms with E-state index < -0.39 is 0 Å². The van der Waals surface area contributed by atoms with Crippen LogP contribution in [0.3, 0.4) is 0 Å². The van der Waals surface area contributed by atoms with Crippen molar-refractivity contribution in [2.45, 2.75) is 13.3 Å². The second kappa shape index (κ2) is 8.39. The summed E-state index contributed by atoms with van der Waals surface area (Å²) >= 11 is 4.99. The van der Waals surface area contributed by atoms with Crippen molar-refractivity contribution < 1.29 is 4.79 Å². The van der Waals surface area contributed by atoms with Crippen LogP contribution < -0.4 is 20.3 Å². The molecule has 22 heavy (non-hydrogen) atoms. The van der Waals surface area contributed by atoms with Gasteiger partial charge in [0.15, 0.2) is 0 Å². The molecule has 2 aromatic rings. The fourth-order valence-corrected chi connectivity index (χ4v) is 3.09. The molecule has 2 rings (SSSR count). The third-order valence-corrected chi connectivity index (χ3v) is 4.52. The number of benzene rings is 1. The number of anilines is 1. The van der Waals surface area contributed by atoms with Crippen LogP contribution in [0.25, 0.3) is 10.9 Å². The van der Waals surface area contributed by atoms with Gasteiger partial charge in [0.2, 0.25) is 0 Å². The summed E-state index contributed by atoms with van der Waals surface area (Å²) in [4.78, 5) is 15.9. The molecule has 1 unspecified atom stereocenters. The SMILES string of the molecule is CCCNC(=O)NCCNc1c([AsH2])cnc2cc(Br)ccc12. The van der Waals surface area contributed by atoms with E-state index in [4.69, 9.17) is 0 Å². The second-order valence-corrected chi connectivity index (χ2v) is 7.08. The van der Waals surface area contributed by atoms with E-state index in [2.05, 4.69) is 42.9 Å². The minimum atomic E-state index is -0.117. The average Bonchev–Trinajstić information content (AvgIpc) is 2.51. The second-order valence-electron chi connectivity index (χ2n) is 4.86. The van der Waals surface area contributed by atoms with E-state index in [-0.39, 0.29) is 6.03 Å². The number of nitrogens with zero attached hydrogens (tertiary/aromatic N) is 1. The standard InChI is InChI=1S/C15H20AsBrN4O/c1-2-5-19-15(22)20-7-6-18-14-11-4-3-10(17)8-13(11)21-9-12(14)16/h3-4,8-9H,2,5-7,16H2,1H3,(H,18,21)(H2,19,20,22). The van der Waals surface area contributed by atoms with Gasteiger partial charge in [0.1, 0.15) is 0 Å². The van der Waals surface area contributed by atoms with Gasteiger partial charge in [0.05, 0.1) is 0 Å². The van der Waals surface area contributed by atoms with Crippen molar-refractivity contribution in [2.75, 3.05) is 25.0 Å². The zero-order valence-electron chi connectivity index (χ0n) is 12.4. The maximum atomic E-state index is 11.5. The van der Waals surface area contributed by atoms with Gasteiger partial charge in [0, 0.05) is 0 Å². The van der Waals surface area contributed by atoms with E-state index in [1.165, 1.54) is 16.9 Å². The molecule has 0 saturated carbocycles. The molecule has 5 nitrogen and oxygen atoms in total. The number of fused-ring (bicyclic) bond motifs is 1. The Morgan fingerprint density at radius 3 is 2.82 bits per heavy atom.